The zero-order valence-corrected chi connectivity index (χ0v) is 15.7. The highest BCUT2D eigenvalue weighted by molar-refractivity contribution is 6.30. The Kier molecular flexibility index (Phi) is 3.63. The van der Waals surface area contributed by atoms with E-state index in [1.165, 1.54) is 22.3 Å². The molecule has 0 saturated heterocycles. The molecule has 27 heavy (non-hydrogen) atoms. The molecule has 0 aliphatic heterocycles. The van der Waals surface area contributed by atoms with Crippen LogP contribution in [0.3, 0.4) is 0 Å². The quantitative estimate of drug-likeness (QED) is 0.656. The van der Waals surface area contributed by atoms with Gasteiger partial charge in [0, 0.05) is 18.0 Å². The fourth-order valence-electron chi connectivity index (χ4n) is 4.90. The van der Waals surface area contributed by atoms with Gasteiger partial charge in [0.1, 0.15) is 5.82 Å². The Bertz CT molecular complexity index is 999. The summed E-state index contributed by atoms with van der Waals surface area (Å²) in [6, 6.07) is 20.6. The molecule has 3 aliphatic carbocycles. The Balaban J connectivity index is 1.59. The predicted octanol–water partition coefficient (Wildman–Crippen LogP) is 5.36. The maximum Gasteiger partial charge on any atom is 0.232 e. The van der Waals surface area contributed by atoms with E-state index in [1.54, 1.807) is 18.3 Å². The van der Waals surface area contributed by atoms with E-state index in [4.69, 9.17) is 11.6 Å². The number of pyridine rings is 1. The molecular formula is C23H19ClN2O. The van der Waals surface area contributed by atoms with Crippen LogP contribution in [-0.2, 0) is 4.79 Å². The van der Waals surface area contributed by atoms with Crippen LogP contribution < -0.4 is 5.32 Å². The van der Waals surface area contributed by atoms with Crippen molar-refractivity contribution < 1.29 is 4.79 Å². The molecule has 1 amide bonds. The summed E-state index contributed by atoms with van der Waals surface area (Å²) >= 11 is 5.91. The van der Waals surface area contributed by atoms with Crippen molar-refractivity contribution in [1.29, 1.82) is 0 Å². The van der Waals surface area contributed by atoms with E-state index in [2.05, 4.69) is 65.8 Å². The molecule has 3 aliphatic rings. The van der Waals surface area contributed by atoms with Gasteiger partial charge in [-0.05, 0) is 47.7 Å². The number of carbonyl (C=O) groups is 1. The number of carbonyl (C=O) groups excluding carboxylic acids is 1. The van der Waals surface area contributed by atoms with Gasteiger partial charge in [-0.3, -0.25) is 4.79 Å². The first-order chi connectivity index (χ1) is 13.1. The van der Waals surface area contributed by atoms with Crippen molar-refractivity contribution in [3.63, 3.8) is 0 Å². The molecule has 2 bridgehead atoms. The molecule has 0 spiro atoms. The van der Waals surface area contributed by atoms with Crippen LogP contribution in [0.4, 0.5) is 5.82 Å². The van der Waals surface area contributed by atoms with Crippen molar-refractivity contribution in [2.24, 2.45) is 5.41 Å². The molecule has 3 nitrogen and oxygen atoms in total. The Hall–Kier alpha value is -2.65. The first-order valence-corrected chi connectivity index (χ1v) is 9.56. The van der Waals surface area contributed by atoms with E-state index >= 15 is 0 Å². The highest BCUT2D eigenvalue weighted by Gasteiger charge is 2.53. The number of amides is 1. The third-order valence-corrected chi connectivity index (χ3v) is 6.34. The van der Waals surface area contributed by atoms with Crippen LogP contribution in [0.5, 0.6) is 0 Å². The maximum absolute atomic E-state index is 13.4. The molecule has 2 aromatic carbocycles. The van der Waals surface area contributed by atoms with Crippen molar-refractivity contribution in [1.82, 2.24) is 4.98 Å². The lowest BCUT2D eigenvalue weighted by atomic mass is 9.52. The van der Waals surface area contributed by atoms with E-state index < -0.39 is 5.41 Å². The van der Waals surface area contributed by atoms with Crippen LogP contribution in [0.2, 0.25) is 5.02 Å². The van der Waals surface area contributed by atoms with Gasteiger partial charge in [-0.2, -0.15) is 0 Å². The van der Waals surface area contributed by atoms with Gasteiger partial charge >= 0.3 is 0 Å². The average molecular weight is 375 g/mol. The summed E-state index contributed by atoms with van der Waals surface area (Å²) in [5, 5.41) is 3.57. The van der Waals surface area contributed by atoms with E-state index in [-0.39, 0.29) is 17.7 Å². The molecule has 6 rings (SSSR count). The Morgan fingerprint density at radius 1 is 1.00 bits per heavy atom. The Morgan fingerprint density at radius 2 is 1.59 bits per heavy atom. The molecule has 0 radical (unpaired) electrons. The first kappa shape index (κ1) is 16.5. The number of hydrogen-bond acceptors (Lipinski definition) is 2. The number of halogens is 1. The summed E-state index contributed by atoms with van der Waals surface area (Å²) in [7, 11) is 0. The van der Waals surface area contributed by atoms with Crippen molar-refractivity contribution >= 4 is 23.3 Å². The number of anilines is 1. The largest absolute Gasteiger partial charge is 0.310 e. The van der Waals surface area contributed by atoms with Crippen molar-refractivity contribution in [3.8, 4) is 0 Å². The fraction of sp³-hybridized carbons (Fsp3) is 0.217. The molecule has 1 aromatic heterocycles. The second-order valence-electron chi connectivity index (χ2n) is 7.68. The van der Waals surface area contributed by atoms with Crippen LogP contribution >= 0.6 is 11.6 Å². The number of hydrogen-bond donors (Lipinski definition) is 1. The molecule has 3 aromatic rings. The van der Waals surface area contributed by atoms with Gasteiger partial charge in [-0.15, -0.1) is 0 Å². The van der Waals surface area contributed by atoms with Gasteiger partial charge in [-0.25, -0.2) is 4.98 Å². The Morgan fingerprint density at radius 3 is 2.15 bits per heavy atom. The minimum Gasteiger partial charge on any atom is -0.310 e. The molecule has 1 N–H and O–H groups in total. The van der Waals surface area contributed by atoms with Gasteiger partial charge in [-0.1, -0.05) is 60.1 Å². The topological polar surface area (TPSA) is 42.0 Å². The summed E-state index contributed by atoms with van der Waals surface area (Å²) in [6.45, 7) is 2.09. The molecule has 1 heterocycles. The van der Waals surface area contributed by atoms with Gasteiger partial charge in [0.25, 0.3) is 0 Å². The summed E-state index contributed by atoms with van der Waals surface area (Å²) in [5.74, 6) is 0.837. The van der Waals surface area contributed by atoms with Crippen LogP contribution in [0, 0.1) is 5.41 Å². The van der Waals surface area contributed by atoms with E-state index in [1.807, 2.05) is 0 Å². The molecular weight excluding hydrogens is 356 g/mol. The van der Waals surface area contributed by atoms with Crippen LogP contribution in [0.1, 0.15) is 47.4 Å². The smallest absolute Gasteiger partial charge is 0.232 e. The lowest BCUT2D eigenvalue weighted by Gasteiger charge is -2.50. The molecule has 134 valence electrons. The lowest BCUT2D eigenvalue weighted by Crippen LogP contribution is -2.47. The number of nitrogens with zero attached hydrogens (tertiary/aromatic N) is 1. The normalized spacial score (nSPS) is 24.8. The van der Waals surface area contributed by atoms with Crippen LogP contribution in [-0.4, -0.2) is 10.9 Å². The first-order valence-electron chi connectivity index (χ1n) is 9.18. The van der Waals surface area contributed by atoms with Gasteiger partial charge in [0.15, 0.2) is 0 Å². The maximum atomic E-state index is 13.4. The SMILES string of the molecule is CC1(C(=O)Nc2ccc(Cl)cn2)CC2c3ccccc3C1c1ccccc12. The molecule has 1 atom stereocenters. The highest BCUT2D eigenvalue weighted by atomic mass is 35.5. The van der Waals surface area contributed by atoms with Crippen molar-refractivity contribution in [2.45, 2.75) is 25.2 Å². The summed E-state index contributed by atoms with van der Waals surface area (Å²) in [4.78, 5) is 17.6. The van der Waals surface area contributed by atoms with Gasteiger partial charge in [0.2, 0.25) is 5.91 Å². The number of fused-ring (bicyclic) bond motifs is 1. The van der Waals surface area contributed by atoms with Crippen molar-refractivity contribution in [3.05, 3.63) is 94.1 Å². The minimum absolute atomic E-state index is 0.0105. The van der Waals surface area contributed by atoms with E-state index in [0.29, 0.717) is 10.8 Å². The van der Waals surface area contributed by atoms with E-state index in [0.717, 1.165) is 6.42 Å². The molecule has 0 saturated carbocycles. The lowest BCUT2D eigenvalue weighted by molar-refractivity contribution is -0.126. The van der Waals surface area contributed by atoms with Crippen LogP contribution in [0.15, 0.2) is 66.9 Å². The molecule has 1 unspecified atom stereocenters. The Labute approximate surface area is 163 Å². The summed E-state index contributed by atoms with van der Waals surface area (Å²) in [5.41, 5.74) is 4.73. The summed E-state index contributed by atoms with van der Waals surface area (Å²) < 4.78 is 0. The number of aromatic nitrogens is 1. The highest BCUT2D eigenvalue weighted by Crippen LogP contribution is 2.61. The predicted molar refractivity (Wildman–Crippen MR) is 107 cm³/mol. The standard InChI is InChI=1S/C23H19ClN2O/c1-23(22(27)26-20-11-10-14(24)13-25-20)12-19-15-6-2-4-8-17(15)21(23)18-9-5-3-7-16(18)19/h2-11,13,19,21H,12H2,1H3,(H,25,26,27). The van der Waals surface area contributed by atoms with E-state index in [9.17, 15) is 4.79 Å². The zero-order valence-electron chi connectivity index (χ0n) is 14.9. The third kappa shape index (κ3) is 2.42. The molecule has 4 heteroatoms. The van der Waals surface area contributed by atoms with Crippen molar-refractivity contribution in [2.75, 3.05) is 5.32 Å². The third-order valence-electron chi connectivity index (χ3n) is 6.12. The minimum atomic E-state index is -0.533. The van der Waals surface area contributed by atoms with Gasteiger partial charge < -0.3 is 5.32 Å². The monoisotopic (exact) mass is 374 g/mol. The average Bonchev–Trinajstić information content (AvgIpc) is 2.70. The molecule has 0 fully saturated rings. The summed E-state index contributed by atoms with van der Waals surface area (Å²) in [6.07, 6.45) is 2.35. The zero-order chi connectivity index (χ0) is 18.6. The number of benzene rings is 2. The second kappa shape index (κ2) is 5.93. The second-order valence-corrected chi connectivity index (χ2v) is 8.12. The number of nitrogens with one attached hydrogen (secondary N) is 1. The van der Waals surface area contributed by atoms with Gasteiger partial charge in [0.05, 0.1) is 10.4 Å². The fourth-order valence-corrected chi connectivity index (χ4v) is 5.01. The van der Waals surface area contributed by atoms with Crippen LogP contribution in [0.25, 0.3) is 0 Å². The number of rotatable bonds is 2.